The third-order valence-corrected chi connectivity index (χ3v) is 6.31. The second-order valence-corrected chi connectivity index (χ2v) is 8.84. The van der Waals surface area contributed by atoms with Crippen molar-refractivity contribution in [3.63, 3.8) is 0 Å². The lowest BCUT2D eigenvalue weighted by atomic mass is 10.0. The maximum atomic E-state index is 11.1. The molecule has 1 fully saturated rings. The molecule has 1 unspecified atom stereocenters. The fraction of sp³-hybridized carbons (Fsp3) is 0.958. The minimum absolute atomic E-state index is 0.116. The third-order valence-electron chi connectivity index (χ3n) is 6.31. The standard InChI is InChI=1S/C24H48N2O3/c1-2-3-4-5-6-7-8-9-10-11-12-13-14-15-16-17-23-25(20-21-27)18-19-26(23)22-24(28)29/h23,27H,2-22H2,1H3,(H,28,29). The molecule has 0 aromatic rings. The Kier molecular flexibility index (Phi) is 16.5. The Hall–Kier alpha value is -0.650. The van der Waals surface area contributed by atoms with E-state index < -0.39 is 5.97 Å². The van der Waals surface area contributed by atoms with Crippen LogP contribution in [0.1, 0.15) is 110 Å². The molecule has 0 aliphatic carbocycles. The smallest absolute Gasteiger partial charge is 0.317 e. The number of rotatable bonds is 20. The number of aliphatic hydroxyl groups is 1. The van der Waals surface area contributed by atoms with Gasteiger partial charge in [0.1, 0.15) is 0 Å². The van der Waals surface area contributed by atoms with Gasteiger partial charge in [0.15, 0.2) is 0 Å². The maximum Gasteiger partial charge on any atom is 0.317 e. The van der Waals surface area contributed by atoms with Crippen molar-refractivity contribution in [3.05, 3.63) is 0 Å². The maximum absolute atomic E-state index is 11.1. The summed E-state index contributed by atoms with van der Waals surface area (Å²) in [5.41, 5.74) is 0. The molecule has 1 heterocycles. The molecule has 1 atom stereocenters. The summed E-state index contributed by atoms with van der Waals surface area (Å²) in [7, 11) is 0. The number of β-amino-alcohol motifs (C(OH)–C–C–N with tert-alkyl or cyclic N) is 1. The number of carboxylic acid groups (broad SMARTS) is 1. The highest BCUT2D eigenvalue weighted by molar-refractivity contribution is 5.69. The van der Waals surface area contributed by atoms with Gasteiger partial charge in [-0.3, -0.25) is 14.6 Å². The Morgan fingerprint density at radius 3 is 1.66 bits per heavy atom. The van der Waals surface area contributed by atoms with E-state index in [2.05, 4.69) is 16.7 Å². The van der Waals surface area contributed by atoms with Gasteiger partial charge in [0.25, 0.3) is 0 Å². The van der Waals surface area contributed by atoms with E-state index >= 15 is 0 Å². The van der Waals surface area contributed by atoms with Crippen LogP contribution in [0.3, 0.4) is 0 Å². The molecule has 1 aliphatic heterocycles. The number of hydrogen-bond donors (Lipinski definition) is 2. The highest BCUT2D eigenvalue weighted by Gasteiger charge is 2.31. The summed E-state index contributed by atoms with van der Waals surface area (Å²) in [5, 5.41) is 18.3. The number of aliphatic carboxylic acids is 1. The van der Waals surface area contributed by atoms with E-state index in [9.17, 15) is 9.90 Å². The van der Waals surface area contributed by atoms with Crippen molar-refractivity contribution in [1.82, 2.24) is 9.80 Å². The van der Waals surface area contributed by atoms with Crippen molar-refractivity contribution < 1.29 is 15.0 Å². The van der Waals surface area contributed by atoms with Crippen LogP contribution in [0.15, 0.2) is 0 Å². The first-order valence-electron chi connectivity index (χ1n) is 12.5. The summed E-state index contributed by atoms with van der Waals surface area (Å²) in [6.45, 7) is 4.87. The second-order valence-electron chi connectivity index (χ2n) is 8.84. The molecule has 0 aromatic heterocycles. The van der Waals surface area contributed by atoms with Gasteiger partial charge in [0.05, 0.1) is 19.3 Å². The molecule has 29 heavy (non-hydrogen) atoms. The van der Waals surface area contributed by atoms with E-state index in [-0.39, 0.29) is 19.3 Å². The quantitative estimate of drug-likeness (QED) is 0.267. The Labute approximate surface area is 179 Å². The van der Waals surface area contributed by atoms with Crippen LogP contribution in [0, 0.1) is 0 Å². The van der Waals surface area contributed by atoms with Crippen LogP contribution < -0.4 is 0 Å². The number of aliphatic hydroxyl groups excluding tert-OH is 1. The monoisotopic (exact) mass is 412 g/mol. The summed E-state index contributed by atoms with van der Waals surface area (Å²) in [4.78, 5) is 15.4. The van der Waals surface area contributed by atoms with Gasteiger partial charge >= 0.3 is 5.97 Å². The number of hydrogen-bond acceptors (Lipinski definition) is 4. The van der Waals surface area contributed by atoms with Crippen molar-refractivity contribution in [2.75, 3.05) is 32.8 Å². The first kappa shape index (κ1) is 26.4. The SMILES string of the molecule is CCCCCCCCCCCCCCCCCC1N(CCO)CCN1CC(=O)O. The lowest BCUT2D eigenvalue weighted by Crippen LogP contribution is -2.42. The van der Waals surface area contributed by atoms with Crippen LogP contribution in [-0.4, -0.2) is 64.9 Å². The van der Waals surface area contributed by atoms with E-state index in [1.807, 2.05) is 0 Å². The Morgan fingerprint density at radius 2 is 1.21 bits per heavy atom. The minimum Gasteiger partial charge on any atom is -0.480 e. The van der Waals surface area contributed by atoms with Gasteiger partial charge in [-0.1, -0.05) is 103 Å². The van der Waals surface area contributed by atoms with Crippen LogP contribution in [0.5, 0.6) is 0 Å². The largest absolute Gasteiger partial charge is 0.480 e. The summed E-state index contributed by atoms with van der Waals surface area (Å²) < 4.78 is 0. The van der Waals surface area contributed by atoms with Gasteiger partial charge in [0.2, 0.25) is 0 Å². The van der Waals surface area contributed by atoms with Gasteiger partial charge in [-0.2, -0.15) is 0 Å². The molecule has 172 valence electrons. The van der Waals surface area contributed by atoms with Crippen LogP contribution in [-0.2, 0) is 4.79 Å². The van der Waals surface area contributed by atoms with Crippen LogP contribution in [0.25, 0.3) is 0 Å². The predicted molar refractivity (Wildman–Crippen MR) is 121 cm³/mol. The molecule has 0 spiro atoms. The van der Waals surface area contributed by atoms with E-state index in [0.29, 0.717) is 6.54 Å². The molecule has 0 amide bonds. The van der Waals surface area contributed by atoms with Crippen LogP contribution >= 0.6 is 0 Å². The lowest BCUT2D eigenvalue weighted by Gasteiger charge is -2.29. The summed E-state index contributed by atoms with van der Waals surface area (Å²) >= 11 is 0. The molecule has 1 aliphatic rings. The second kappa shape index (κ2) is 18.1. The van der Waals surface area contributed by atoms with Gasteiger partial charge < -0.3 is 10.2 Å². The first-order valence-corrected chi connectivity index (χ1v) is 12.5. The van der Waals surface area contributed by atoms with E-state index in [4.69, 9.17) is 5.11 Å². The Bertz CT molecular complexity index is 392. The first-order chi connectivity index (χ1) is 14.2. The van der Waals surface area contributed by atoms with Crippen molar-refractivity contribution in [3.8, 4) is 0 Å². The molecule has 0 aromatic carbocycles. The van der Waals surface area contributed by atoms with Crippen molar-refractivity contribution >= 4 is 5.97 Å². The molecular weight excluding hydrogens is 364 g/mol. The topological polar surface area (TPSA) is 64.0 Å². The average molecular weight is 413 g/mol. The van der Waals surface area contributed by atoms with Crippen LogP contribution in [0.4, 0.5) is 0 Å². The normalized spacial score (nSPS) is 17.9. The zero-order valence-electron chi connectivity index (χ0n) is 19.1. The number of unbranched alkanes of at least 4 members (excludes halogenated alkanes) is 14. The molecule has 2 N–H and O–H groups in total. The van der Waals surface area contributed by atoms with Crippen LogP contribution in [0.2, 0.25) is 0 Å². The van der Waals surface area contributed by atoms with Gasteiger partial charge in [-0.25, -0.2) is 0 Å². The van der Waals surface area contributed by atoms with E-state index in [0.717, 1.165) is 25.9 Å². The summed E-state index contributed by atoms with van der Waals surface area (Å²) in [6, 6.07) is 0. The van der Waals surface area contributed by atoms with Crippen molar-refractivity contribution in [2.24, 2.45) is 0 Å². The zero-order valence-corrected chi connectivity index (χ0v) is 19.1. The zero-order chi connectivity index (χ0) is 21.2. The lowest BCUT2D eigenvalue weighted by molar-refractivity contribution is -0.139. The van der Waals surface area contributed by atoms with Crippen molar-refractivity contribution in [1.29, 1.82) is 0 Å². The highest BCUT2D eigenvalue weighted by Crippen LogP contribution is 2.21. The molecular formula is C24H48N2O3. The molecule has 0 radical (unpaired) electrons. The van der Waals surface area contributed by atoms with E-state index in [1.165, 1.54) is 89.9 Å². The molecule has 1 rings (SSSR count). The Morgan fingerprint density at radius 1 is 0.759 bits per heavy atom. The highest BCUT2D eigenvalue weighted by atomic mass is 16.4. The minimum atomic E-state index is -0.752. The number of carbonyl (C=O) groups is 1. The summed E-state index contributed by atoms with van der Waals surface area (Å²) in [5.74, 6) is -0.752. The Balaban J connectivity index is 1.95. The number of nitrogens with zero attached hydrogens (tertiary/aromatic N) is 2. The van der Waals surface area contributed by atoms with Gasteiger partial charge in [0, 0.05) is 19.6 Å². The molecule has 5 nitrogen and oxygen atoms in total. The predicted octanol–water partition coefficient (Wildman–Crippen LogP) is 5.27. The average Bonchev–Trinajstić information content (AvgIpc) is 3.06. The summed E-state index contributed by atoms with van der Waals surface area (Å²) in [6.07, 6.45) is 21.7. The number of carboxylic acids is 1. The molecule has 1 saturated heterocycles. The molecule has 5 heteroatoms. The van der Waals surface area contributed by atoms with Gasteiger partial charge in [-0.05, 0) is 6.42 Å². The van der Waals surface area contributed by atoms with Crippen molar-refractivity contribution in [2.45, 2.75) is 116 Å². The fourth-order valence-electron chi connectivity index (χ4n) is 4.60. The third kappa shape index (κ3) is 13.3. The molecule has 0 bridgehead atoms. The molecule has 0 saturated carbocycles. The van der Waals surface area contributed by atoms with E-state index in [1.54, 1.807) is 0 Å². The van der Waals surface area contributed by atoms with Gasteiger partial charge in [-0.15, -0.1) is 0 Å². The fourth-order valence-corrected chi connectivity index (χ4v) is 4.60.